The van der Waals surface area contributed by atoms with Crippen molar-refractivity contribution in [1.29, 1.82) is 0 Å². The molecule has 1 heterocycles. The van der Waals surface area contributed by atoms with Crippen molar-refractivity contribution in [3.63, 3.8) is 0 Å². The summed E-state index contributed by atoms with van der Waals surface area (Å²) >= 11 is 0. The molecule has 1 aromatic heterocycles. The fourth-order valence-corrected chi connectivity index (χ4v) is 2.27. The Morgan fingerprint density at radius 3 is 2.75 bits per heavy atom. The van der Waals surface area contributed by atoms with Crippen molar-refractivity contribution in [2.45, 2.75) is 13.1 Å². The smallest absolute Gasteiger partial charge is 0.408 e. The van der Waals surface area contributed by atoms with Crippen molar-refractivity contribution in [2.75, 3.05) is 0 Å². The van der Waals surface area contributed by atoms with Crippen LogP contribution in [0.2, 0.25) is 0 Å². The predicted octanol–water partition coefficient (Wildman–Crippen LogP) is 2.24. The van der Waals surface area contributed by atoms with Gasteiger partial charge in [0.2, 0.25) is 0 Å². The van der Waals surface area contributed by atoms with E-state index in [1.54, 1.807) is 24.3 Å². The number of aromatic nitrogens is 1. The molecule has 2 N–H and O–H groups in total. The third-order valence-corrected chi connectivity index (χ3v) is 3.29. The van der Waals surface area contributed by atoms with Gasteiger partial charge in [-0.25, -0.2) is 9.18 Å². The molecule has 0 bridgehead atoms. The largest absolute Gasteiger partial charge is 0.420 e. The van der Waals surface area contributed by atoms with Crippen LogP contribution in [-0.4, -0.2) is 4.57 Å². The fraction of sp³-hybridized carbons (Fsp3) is 0.133. The van der Waals surface area contributed by atoms with Gasteiger partial charge in [-0.2, -0.15) is 0 Å². The molecule has 0 aliphatic rings. The minimum absolute atomic E-state index is 0.236. The number of hydrogen-bond acceptors (Lipinski definition) is 3. The normalized spacial score (nSPS) is 11.1. The molecule has 5 heteroatoms. The van der Waals surface area contributed by atoms with Gasteiger partial charge in [0.1, 0.15) is 5.82 Å². The Kier molecular flexibility index (Phi) is 3.12. The van der Waals surface area contributed by atoms with Crippen LogP contribution in [0.4, 0.5) is 4.39 Å². The molecule has 0 radical (unpaired) electrons. The summed E-state index contributed by atoms with van der Waals surface area (Å²) in [6, 6.07) is 11.5. The van der Waals surface area contributed by atoms with Gasteiger partial charge < -0.3 is 10.2 Å². The zero-order chi connectivity index (χ0) is 14.1. The molecule has 0 unspecified atom stereocenters. The summed E-state index contributed by atoms with van der Waals surface area (Å²) < 4.78 is 20.0. The van der Waals surface area contributed by atoms with E-state index in [0.717, 1.165) is 5.56 Å². The highest BCUT2D eigenvalue weighted by Gasteiger charge is 2.11. The summed E-state index contributed by atoms with van der Waals surface area (Å²) in [4.78, 5) is 11.9. The number of nitrogens with two attached hydrogens (primary N) is 1. The summed E-state index contributed by atoms with van der Waals surface area (Å²) in [7, 11) is 0. The number of benzene rings is 2. The van der Waals surface area contributed by atoms with Gasteiger partial charge in [0, 0.05) is 6.54 Å². The second-order valence-corrected chi connectivity index (χ2v) is 4.54. The van der Waals surface area contributed by atoms with E-state index >= 15 is 0 Å². The monoisotopic (exact) mass is 272 g/mol. The maximum Gasteiger partial charge on any atom is 0.420 e. The van der Waals surface area contributed by atoms with Crippen molar-refractivity contribution in [3.8, 4) is 0 Å². The topological polar surface area (TPSA) is 61.2 Å². The highest BCUT2D eigenvalue weighted by molar-refractivity contribution is 5.72. The van der Waals surface area contributed by atoms with E-state index in [1.807, 2.05) is 6.07 Å². The predicted molar refractivity (Wildman–Crippen MR) is 73.9 cm³/mol. The third kappa shape index (κ3) is 2.12. The van der Waals surface area contributed by atoms with E-state index in [0.29, 0.717) is 23.2 Å². The molecule has 0 saturated heterocycles. The first-order valence-corrected chi connectivity index (χ1v) is 6.25. The second-order valence-electron chi connectivity index (χ2n) is 4.54. The summed E-state index contributed by atoms with van der Waals surface area (Å²) in [6.07, 6.45) is 0. The maximum atomic E-state index is 13.4. The third-order valence-electron chi connectivity index (χ3n) is 3.29. The Bertz CT molecular complexity index is 820. The molecule has 0 aliphatic heterocycles. The van der Waals surface area contributed by atoms with Gasteiger partial charge >= 0.3 is 5.76 Å². The van der Waals surface area contributed by atoms with E-state index in [4.69, 9.17) is 10.2 Å². The van der Waals surface area contributed by atoms with Crippen LogP contribution in [-0.2, 0) is 13.1 Å². The molecule has 0 spiro atoms. The SMILES string of the molecule is NCc1ccc(F)cc1Cn1c(=O)oc2ccccc21. The lowest BCUT2D eigenvalue weighted by Gasteiger charge is -2.08. The molecule has 3 rings (SSSR count). The van der Waals surface area contributed by atoms with Crippen LogP contribution < -0.4 is 11.5 Å². The van der Waals surface area contributed by atoms with Crippen molar-refractivity contribution >= 4 is 11.1 Å². The Balaban J connectivity index is 2.12. The van der Waals surface area contributed by atoms with E-state index in [-0.39, 0.29) is 12.4 Å². The molecular formula is C15H13FN2O2. The molecule has 0 saturated carbocycles. The van der Waals surface area contributed by atoms with Crippen LogP contribution in [0.1, 0.15) is 11.1 Å². The molecule has 3 aromatic rings. The average Bonchev–Trinajstić information content (AvgIpc) is 2.76. The molecule has 102 valence electrons. The lowest BCUT2D eigenvalue weighted by Crippen LogP contribution is -2.16. The number of fused-ring (bicyclic) bond motifs is 1. The molecule has 0 atom stereocenters. The minimum atomic E-state index is -0.460. The van der Waals surface area contributed by atoms with E-state index in [2.05, 4.69) is 0 Å². The van der Waals surface area contributed by atoms with Gasteiger partial charge in [-0.15, -0.1) is 0 Å². The summed E-state index contributed by atoms with van der Waals surface area (Å²) in [5.41, 5.74) is 8.34. The van der Waals surface area contributed by atoms with Crippen molar-refractivity contribution in [3.05, 3.63) is 70.0 Å². The van der Waals surface area contributed by atoms with Crippen LogP contribution in [0.3, 0.4) is 0 Å². The van der Waals surface area contributed by atoms with Crippen LogP contribution in [0, 0.1) is 5.82 Å². The van der Waals surface area contributed by atoms with Crippen LogP contribution in [0.15, 0.2) is 51.7 Å². The lowest BCUT2D eigenvalue weighted by atomic mass is 10.1. The number of halogens is 1. The van der Waals surface area contributed by atoms with Gasteiger partial charge in [0.25, 0.3) is 0 Å². The van der Waals surface area contributed by atoms with Crippen LogP contribution in [0.25, 0.3) is 11.1 Å². The number of hydrogen-bond donors (Lipinski definition) is 1. The van der Waals surface area contributed by atoms with Crippen molar-refractivity contribution in [2.24, 2.45) is 5.73 Å². The Labute approximate surface area is 114 Å². The lowest BCUT2D eigenvalue weighted by molar-refractivity contribution is 0.516. The van der Waals surface area contributed by atoms with E-state index in [9.17, 15) is 9.18 Å². The van der Waals surface area contributed by atoms with Gasteiger partial charge in [-0.1, -0.05) is 18.2 Å². The highest BCUT2D eigenvalue weighted by atomic mass is 19.1. The molecule has 2 aromatic carbocycles. The van der Waals surface area contributed by atoms with Crippen molar-refractivity contribution < 1.29 is 8.81 Å². The number of nitrogens with zero attached hydrogens (tertiary/aromatic N) is 1. The molecule has 20 heavy (non-hydrogen) atoms. The van der Waals surface area contributed by atoms with Crippen molar-refractivity contribution in [1.82, 2.24) is 4.57 Å². The number of rotatable bonds is 3. The van der Waals surface area contributed by atoms with E-state index < -0.39 is 5.76 Å². The number of para-hydroxylation sites is 2. The zero-order valence-electron chi connectivity index (χ0n) is 10.7. The Morgan fingerprint density at radius 1 is 1.15 bits per heavy atom. The molecular weight excluding hydrogens is 259 g/mol. The first-order chi connectivity index (χ1) is 9.69. The fourth-order valence-electron chi connectivity index (χ4n) is 2.27. The number of oxazole rings is 1. The van der Waals surface area contributed by atoms with Crippen LogP contribution in [0.5, 0.6) is 0 Å². The first kappa shape index (κ1) is 12.6. The van der Waals surface area contributed by atoms with Gasteiger partial charge in [0.15, 0.2) is 5.58 Å². The van der Waals surface area contributed by atoms with Gasteiger partial charge in [-0.05, 0) is 35.4 Å². The molecule has 0 fully saturated rings. The summed E-state index contributed by atoms with van der Waals surface area (Å²) in [6.45, 7) is 0.528. The minimum Gasteiger partial charge on any atom is -0.408 e. The van der Waals surface area contributed by atoms with Gasteiger partial charge in [-0.3, -0.25) is 4.57 Å². The summed E-state index contributed by atoms with van der Waals surface area (Å²) in [5.74, 6) is -0.809. The quantitative estimate of drug-likeness (QED) is 0.795. The van der Waals surface area contributed by atoms with Crippen LogP contribution >= 0.6 is 0 Å². The molecule has 0 aliphatic carbocycles. The zero-order valence-corrected chi connectivity index (χ0v) is 10.7. The molecule has 0 amide bonds. The Hall–Kier alpha value is -2.40. The summed E-state index contributed by atoms with van der Waals surface area (Å²) in [5, 5.41) is 0. The standard InChI is InChI=1S/C15H13FN2O2/c16-12-6-5-10(8-17)11(7-12)9-18-13-3-1-2-4-14(13)20-15(18)19/h1-7H,8-9,17H2. The highest BCUT2D eigenvalue weighted by Crippen LogP contribution is 2.16. The van der Waals surface area contributed by atoms with Gasteiger partial charge in [0.05, 0.1) is 12.1 Å². The van der Waals surface area contributed by atoms with E-state index in [1.165, 1.54) is 16.7 Å². The first-order valence-electron chi connectivity index (χ1n) is 6.25. The Morgan fingerprint density at radius 2 is 1.95 bits per heavy atom. The second kappa shape index (κ2) is 4.94. The molecule has 4 nitrogen and oxygen atoms in total. The maximum absolute atomic E-state index is 13.4. The average molecular weight is 272 g/mol.